The Balaban J connectivity index is 1.99. The van der Waals surface area contributed by atoms with Crippen LogP contribution in [-0.2, 0) is 4.74 Å². The highest BCUT2D eigenvalue weighted by atomic mass is 16.5. The molecule has 3 heterocycles. The summed E-state index contributed by atoms with van der Waals surface area (Å²) in [4.78, 5) is 23.1. The van der Waals surface area contributed by atoms with E-state index >= 15 is 0 Å². The van der Waals surface area contributed by atoms with E-state index in [0.29, 0.717) is 30.8 Å². The van der Waals surface area contributed by atoms with Gasteiger partial charge in [0.2, 0.25) is 0 Å². The summed E-state index contributed by atoms with van der Waals surface area (Å²) in [5, 5.41) is 0. The predicted molar refractivity (Wildman–Crippen MR) is 97.8 cm³/mol. The van der Waals surface area contributed by atoms with Crippen molar-refractivity contribution >= 4 is 0 Å². The first-order chi connectivity index (χ1) is 12.6. The molecule has 26 heavy (non-hydrogen) atoms. The molecule has 1 aromatic carbocycles. The molecule has 3 aliphatic rings. The second-order valence-corrected chi connectivity index (χ2v) is 6.86. The molecule has 0 bridgehead atoms. The number of H-pyrrole nitrogens is 1. The number of methoxy groups -OCH3 is 1. The van der Waals surface area contributed by atoms with Crippen molar-refractivity contribution in [3.63, 3.8) is 0 Å². The van der Waals surface area contributed by atoms with Crippen LogP contribution >= 0.6 is 0 Å². The number of ether oxygens (including phenoxy) is 2. The van der Waals surface area contributed by atoms with Gasteiger partial charge in [-0.25, -0.2) is 9.78 Å². The largest absolute Gasteiger partial charge is 0.496 e. The number of hydrogen-bond donors (Lipinski definition) is 1. The van der Waals surface area contributed by atoms with Crippen molar-refractivity contribution in [2.24, 2.45) is 0 Å². The monoisotopic (exact) mass is 354 g/mol. The highest BCUT2D eigenvalue weighted by Gasteiger charge is 2.27. The molecular formula is C19H22N4O3. The van der Waals surface area contributed by atoms with Crippen LogP contribution in [-0.4, -0.2) is 39.8 Å². The molecule has 1 N–H and O–H groups in total. The van der Waals surface area contributed by atoms with Crippen LogP contribution in [0, 0.1) is 0 Å². The fourth-order valence-corrected chi connectivity index (χ4v) is 3.47. The first kappa shape index (κ1) is 16.8. The van der Waals surface area contributed by atoms with Gasteiger partial charge in [0.05, 0.1) is 31.6 Å². The van der Waals surface area contributed by atoms with E-state index in [1.165, 1.54) is 5.56 Å². The van der Waals surface area contributed by atoms with E-state index in [2.05, 4.69) is 45.5 Å². The predicted octanol–water partition coefficient (Wildman–Crippen LogP) is 2.83. The summed E-state index contributed by atoms with van der Waals surface area (Å²) in [6.45, 7) is 5.59. The lowest BCUT2D eigenvalue weighted by atomic mass is 9.98. The quantitative estimate of drug-likeness (QED) is 0.779. The molecule has 1 saturated heterocycles. The average molecular weight is 354 g/mol. The fourth-order valence-electron chi connectivity index (χ4n) is 3.47. The molecule has 1 atom stereocenters. The van der Waals surface area contributed by atoms with Crippen LogP contribution < -0.4 is 10.4 Å². The summed E-state index contributed by atoms with van der Waals surface area (Å²) in [6.07, 6.45) is 2.64. The molecule has 0 aliphatic carbocycles. The first-order valence-electron chi connectivity index (χ1n) is 8.81. The maximum atomic E-state index is 11.8. The Morgan fingerprint density at radius 3 is 2.92 bits per heavy atom. The van der Waals surface area contributed by atoms with Crippen LogP contribution in [0.1, 0.15) is 37.8 Å². The molecule has 0 spiro atoms. The van der Waals surface area contributed by atoms with Gasteiger partial charge in [0.1, 0.15) is 5.75 Å². The van der Waals surface area contributed by atoms with Crippen LogP contribution in [0.25, 0.3) is 22.9 Å². The Kier molecular flexibility index (Phi) is 4.24. The maximum absolute atomic E-state index is 11.8. The molecule has 7 nitrogen and oxygen atoms in total. The van der Waals surface area contributed by atoms with Gasteiger partial charge < -0.3 is 14.0 Å². The highest BCUT2D eigenvalue weighted by Crippen LogP contribution is 2.37. The average Bonchev–Trinajstić information content (AvgIpc) is 3.28. The Bertz CT molecular complexity index is 954. The van der Waals surface area contributed by atoms with Crippen LogP contribution in [0.4, 0.5) is 0 Å². The van der Waals surface area contributed by atoms with E-state index in [1.54, 1.807) is 13.3 Å². The highest BCUT2D eigenvalue weighted by molar-refractivity contribution is 5.70. The number of rotatable bonds is 4. The Labute approximate surface area is 151 Å². The number of imidazole rings is 1. The van der Waals surface area contributed by atoms with Crippen molar-refractivity contribution in [3.8, 4) is 28.7 Å². The molecule has 1 aromatic rings. The lowest BCUT2D eigenvalue weighted by Crippen LogP contribution is -2.16. The summed E-state index contributed by atoms with van der Waals surface area (Å²) in [6, 6.07) is 6.29. The molecule has 136 valence electrons. The third-order valence-electron chi connectivity index (χ3n) is 4.89. The van der Waals surface area contributed by atoms with E-state index in [9.17, 15) is 4.79 Å². The molecule has 4 rings (SSSR count). The number of aromatic amines is 1. The topological polar surface area (TPSA) is 82.0 Å². The van der Waals surface area contributed by atoms with E-state index in [4.69, 9.17) is 9.47 Å². The van der Waals surface area contributed by atoms with E-state index in [1.807, 2.05) is 6.07 Å². The third-order valence-corrected chi connectivity index (χ3v) is 4.89. The minimum absolute atomic E-state index is 0.102. The van der Waals surface area contributed by atoms with Gasteiger partial charge in [-0.2, -0.15) is 4.98 Å². The standard InChI is InChI=1S/C19H22N4O3/c1-11(2)12-4-5-16(25-3)14(8-12)15-9-20-17-18(22-19(24)21-17)23(15)13-6-7-26-10-13/h4-5,8-9,11,13H,6-7,10H2,1-3H3,(H,20,21,24)/t13-/m0/s1. The molecule has 0 amide bonds. The summed E-state index contributed by atoms with van der Waals surface area (Å²) >= 11 is 0. The number of hydrogen-bond acceptors (Lipinski definition) is 5. The normalized spacial score (nSPS) is 17.3. The van der Waals surface area contributed by atoms with Crippen molar-refractivity contribution in [2.75, 3.05) is 20.3 Å². The summed E-state index contributed by atoms with van der Waals surface area (Å²) in [5.41, 5.74) is 2.64. The van der Waals surface area contributed by atoms with Gasteiger partial charge in [0.15, 0.2) is 11.6 Å². The number of benzene rings is 1. The molecule has 3 aliphatic heterocycles. The molecule has 7 heteroatoms. The molecule has 1 fully saturated rings. The molecule has 0 unspecified atom stereocenters. The maximum Gasteiger partial charge on any atom is 0.348 e. The van der Waals surface area contributed by atoms with Gasteiger partial charge in [0, 0.05) is 12.2 Å². The minimum atomic E-state index is -0.389. The van der Waals surface area contributed by atoms with Crippen LogP contribution in [0.3, 0.4) is 0 Å². The third kappa shape index (κ3) is 2.78. The van der Waals surface area contributed by atoms with E-state index in [0.717, 1.165) is 23.4 Å². The Hall–Kier alpha value is -2.67. The number of aromatic nitrogens is 4. The number of fused-ring (bicyclic) bond motifs is 1. The molecule has 0 saturated carbocycles. The lowest BCUT2D eigenvalue weighted by Gasteiger charge is -2.23. The zero-order valence-corrected chi connectivity index (χ0v) is 15.2. The fraction of sp³-hybridized carbons (Fsp3) is 0.421. The second-order valence-electron chi connectivity index (χ2n) is 6.86. The SMILES string of the molecule is COc1ccc(C(C)C)cc1-c1cnc2[nH]c(=O)nc-2n1[C@H]1CCOC1. The number of nitrogens with zero attached hydrogens (tertiary/aromatic N) is 3. The molecule has 0 aromatic heterocycles. The van der Waals surface area contributed by atoms with Crippen molar-refractivity contribution in [1.29, 1.82) is 0 Å². The minimum Gasteiger partial charge on any atom is -0.496 e. The smallest absolute Gasteiger partial charge is 0.348 e. The van der Waals surface area contributed by atoms with Crippen LogP contribution in [0.2, 0.25) is 0 Å². The summed E-state index contributed by atoms with van der Waals surface area (Å²) < 4.78 is 13.3. The van der Waals surface area contributed by atoms with Crippen molar-refractivity contribution in [1.82, 2.24) is 19.5 Å². The van der Waals surface area contributed by atoms with Crippen molar-refractivity contribution < 1.29 is 9.47 Å². The van der Waals surface area contributed by atoms with Gasteiger partial charge in [0.25, 0.3) is 0 Å². The Morgan fingerprint density at radius 2 is 2.23 bits per heavy atom. The summed E-state index contributed by atoms with van der Waals surface area (Å²) in [5.74, 6) is 2.20. The zero-order valence-electron chi connectivity index (χ0n) is 15.2. The molecular weight excluding hydrogens is 332 g/mol. The number of nitrogens with one attached hydrogen (secondary N) is 1. The zero-order chi connectivity index (χ0) is 18.3. The van der Waals surface area contributed by atoms with Gasteiger partial charge in [-0.3, -0.25) is 4.98 Å². The van der Waals surface area contributed by atoms with E-state index in [-0.39, 0.29) is 11.7 Å². The summed E-state index contributed by atoms with van der Waals surface area (Å²) in [7, 11) is 1.66. The van der Waals surface area contributed by atoms with Crippen LogP contribution in [0.5, 0.6) is 5.75 Å². The van der Waals surface area contributed by atoms with Gasteiger partial charge in [-0.15, -0.1) is 0 Å². The lowest BCUT2D eigenvalue weighted by molar-refractivity contribution is 0.187. The first-order valence-corrected chi connectivity index (χ1v) is 8.81. The van der Waals surface area contributed by atoms with Crippen molar-refractivity contribution in [3.05, 3.63) is 40.4 Å². The second kappa shape index (κ2) is 6.57. The van der Waals surface area contributed by atoms with Crippen LogP contribution in [0.15, 0.2) is 29.2 Å². The van der Waals surface area contributed by atoms with Gasteiger partial charge >= 0.3 is 5.69 Å². The van der Waals surface area contributed by atoms with Gasteiger partial charge in [-0.05, 0) is 30.0 Å². The molecule has 0 radical (unpaired) electrons. The Morgan fingerprint density at radius 1 is 1.38 bits per heavy atom. The van der Waals surface area contributed by atoms with E-state index < -0.39 is 0 Å². The van der Waals surface area contributed by atoms with Gasteiger partial charge in [-0.1, -0.05) is 19.9 Å². The van der Waals surface area contributed by atoms with Crippen molar-refractivity contribution in [2.45, 2.75) is 32.2 Å².